The molecule has 1 N–H and O–H groups in total. The van der Waals surface area contributed by atoms with Crippen LogP contribution in [0.3, 0.4) is 0 Å². The van der Waals surface area contributed by atoms with Gasteiger partial charge in [0.2, 0.25) is 0 Å². The van der Waals surface area contributed by atoms with Gasteiger partial charge in [-0.25, -0.2) is 9.98 Å². The van der Waals surface area contributed by atoms with Gasteiger partial charge < -0.3 is 14.3 Å². The highest BCUT2D eigenvalue weighted by Gasteiger charge is 2.22. The first-order valence-corrected chi connectivity index (χ1v) is 18.9. The molecule has 0 saturated carbocycles. The van der Waals surface area contributed by atoms with Crippen molar-refractivity contribution in [2.24, 2.45) is 9.98 Å². The minimum atomic E-state index is -0.410. The van der Waals surface area contributed by atoms with E-state index in [0.29, 0.717) is 0 Å². The maximum Gasteiger partial charge on any atom is 0.169 e. The van der Waals surface area contributed by atoms with Crippen molar-refractivity contribution in [3.63, 3.8) is 0 Å². The van der Waals surface area contributed by atoms with E-state index < -0.39 is 6.17 Å². The predicted octanol–water partition coefficient (Wildman–Crippen LogP) is 12.5. The zero-order chi connectivity index (χ0) is 37.0. The molecular weight excluding hydrogens is 685 g/mol. The van der Waals surface area contributed by atoms with Crippen LogP contribution in [0.25, 0.3) is 71.7 Å². The molecule has 1 unspecified atom stereocenters. The summed E-state index contributed by atoms with van der Waals surface area (Å²) in [6, 6.07) is 67.9. The second kappa shape index (κ2) is 13.1. The molecule has 56 heavy (non-hydrogen) atoms. The van der Waals surface area contributed by atoms with Crippen molar-refractivity contribution in [2.45, 2.75) is 6.17 Å². The molecule has 3 heterocycles. The average Bonchev–Trinajstić information content (AvgIpc) is 3.83. The van der Waals surface area contributed by atoms with Crippen LogP contribution in [0, 0.1) is 0 Å². The van der Waals surface area contributed by atoms with Crippen molar-refractivity contribution in [1.29, 1.82) is 0 Å². The molecule has 0 saturated heterocycles. The van der Waals surface area contributed by atoms with Crippen molar-refractivity contribution in [3.8, 4) is 27.9 Å². The summed E-state index contributed by atoms with van der Waals surface area (Å²) in [5.41, 5.74) is 12.6. The highest BCUT2D eigenvalue weighted by Crippen LogP contribution is 2.41. The van der Waals surface area contributed by atoms with Crippen LogP contribution >= 0.6 is 0 Å². The number of nitrogens with one attached hydrogen (secondary N) is 1. The molecule has 0 bridgehead atoms. The Morgan fingerprint density at radius 2 is 1.00 bits per heavy atom. The average molecular weight is 719 g/mol. The van der Waals surface area contributed by atoms with Crippen molar-refractivity contribution >= 4 is 55.4 Å². The third-order valence-corrected chi connectivity index (χ3v) is 10.9. The van der Waals surface area contributed by atoms with Gasteiger partial charge in [0.25, 0.3) is 0 Å². The van der Waals surface area contributed by atoms with Gasteiger partial charge in [0, 0.05) is 38.4 Å². The summed E-state index contributed by atoms with van der Waals surface area (Å²) in [5, 5.41) is 8.14. The second-order valence-electron chi connectivity index (χ2n) is 14.2. The topological polar surface area (TPSA) is 54.8 Å². The SMILES string of the molecule is c1ccc(C2=NC(c3ccc(-c4ccc5c(c4)oc4c5ccc5c6ccccc6n(-c6ccccc6)c54)cc3)N=C(c3cccc(-c4ccccc4)c3)N2)cc1. The number of aliphatic imine (C=N–C) groups is 2. The van der Waals surface area contributed by atoms with E-state index in [-0.39, 0.29) is 0 Å². The fourth-order valence-electron chi connectivity index (χ4n) is 8.12. The molecule has 0 radical (unpaired) electrons. The fourth-order valence-corrected chi connectivity index (χ4v) is 8.12. The maximum absolute atomic E-state index is 6.82. The summed E-state index contributed by atoms with van der Waals surface area (Å²) in [6.45, 7) is 0. The molecule has 1 atom stereocenters. The van der Waals surface area contributed by atoms with Crippen molar-refractivity contribution in [2.75, 3.05) is 0 Å². The number of hydrogen-bond donors (Lipinski definition) is 1. The van der Waals surface area contributed by atoms with Crippen molar-refractivity contribution in [1.82, 2.24) is 9.88 Å². The Morgan fingerprint density at radius 3 is 1.79 bits per heavy atom. The monoisotopic (exact) mass is 718 g/mol. The number of hydrogen-bond acceptors (Lipinski definition) is 4. The smallest absolute Gasteiger partial charge is 0.169 e. The Labute approximate surface area is 323 Å². The zero-order valence-corrected chi connectivity index (χ0v) is 30.3. The van der Waals surface area contributed by atoms with Gasteiger partial charge in [-0.05, 0) is 70.3 Å². The van der Waals surface area contributed by atoms with Crippen LogP contribution < -0.4 is 5.32 Å². The number of amidine groups is 2. The molecule has 0 amide bonds. The minimum absolute atomic E-state index is 0.410. The Morgan fingerprint density at radius 1 is 0.429 bits per heavy atom. The maximum atomic E-state index is 6.82. The van der Waals surface area contributed by atoms with Gasteiger partial charge in [-0.2, -0.15) is 0 Å². The molecule has 5 nitrogen and oxygen atoms in total. The summed E-state index contributed by atoms with van der Waals surface area (Å²) in [5.74, 6) is 1.59. The molecule has 1 aliphatic rings. The van der Waals surface area contributed by atoms with Gasteiger partial charge in [0.05, 0.1) is 11.0 Å². The summed E-state index contributed by atoms with van der Waals surface area (Å²) in [7, 11) is 0. The third kappa shape index (κ3) is 5.40. The van der Waals surface area contributed by atoms with Crippen LogP contribution in [0.2, 0.25) is 0 Å². The summed E-state index contributed by atoms with van der Waals surface area (Å²) in [6.07, 6.45) is -0.410. The number of nitrogens with zero attached hydrogens (tertiary/aromatic N) is 3. The molecule has 2 aromatic heterocycles. The van der Waals surface area contributed by atoms with Gasteiger partial charge in [-0.3, -0.25) is 0 Å². The molecule has 11 rings (SSSR count). The summed E-state index contributed by atoms with van der Waals surface area (Å²) >= 11 is 0. The van der Waals surface area contributed by atoms with E-state index in [9.17, 15) is 0 Å². The van der Waals surface area contributed by atoms with Crippen LogP contribution in [0.15, 0.2) is 209 Å². The summed E-state index contributed by atoms with van der Waals surface area (Å²) < 4.78 is 9.15. The quantitative estimate of drug-likeness (QED) is 0.186. The predicted molar refractivity (Wildman–Crippen MR) is 231 cm³/mol. The highest BCUT2D eigenvalue weighted by atomic mass is 16.3. The van der Waals surface area contributed by atoms with Crippen LogP contribution in [-0.2, 0) is 0 Å². The van der Waals surface area contributed by atoms with Gasteiger partial charge in [-0.15, -0.1) is 0 Å². The first kappa shape index (κ1) is 32.0. The van der Waals surface area contributed by atoms with Gasteiger partial charge in [-0.1, -0.05) is 152 Å². The molecule has 5 heteroatoms. The molecule has 0 spiro atoms. The van der Waals surface area contributed by atoms with E-state index in [1.807, 2.05) is 24.3 Å². The molecule has 264 valence electrons. The molecule has 10 aromatic rings. The first-order chi connectivity index (χ1) is 27.7. The van der Waals surface area contributed by atoms with E-state index in [1.165, 1.54) is 16.3 Å². The van der Waals surface area contributed by atoms with Gasteiger partial charge >= 0.3 is 0 Å². The zero-order valence-electron chi connectivity index (χ0n) is 30.3. The largest absolute Gasteiger partial charge is 0.454 e. The lowest BCUT2D eigenvalue weighted by atomic mass is 10.0. The Bertz CT molecular complexity index is 3140. The number of fused-ring (bicyclic) bond motifs is 7. The molecule has 1 aliphatic heterocycles. The van der Waals surface area contributed by atoms with Gasteiger partial charge in [0.15, 0.2) is 11.7 Å². The molecular formula is C51H34N4O. The van der Waals surface area contributed by atoms with Crippen LogP contribution in [0.5, 0.6) is 0 Å². The number of para-hydroxylation sites is 2. The lowest BCUT2D eigenvalue weighted by molar-refractivity contribution is 0.671. The number of benzene rings is 8. The van der Waals surface area contributed by atoms with Crippen molar-refractivity contribution < 1.29 is 4.42 Å². The number of rotatable bonds is 6. The van der Waals surface area contributed by atoms with Crippen LogP contribution in [0.1, 0.15) is 22.9 Å². The third-order valence-electron chi connectivity index (χ3n) is 10.9. The summed E-state index contributed by atoms with van der Waals surface area (Å²) in [4.78, 5) is 10.3. The Balaban J connectivity index is 0.974. The van der Waals surface area contributed by atoms with Crippen LogP contribution in [0.4, 0.5) is 0 Å². The normalized spacial score (nSPS) is 14.2. The second-order valence-corrected chi connectivity index (χ2v) is 14.2. The minimum Gasteiger partial charge on any atom is -0.454 e. The lowest BCUT2D eigenvalue weighted by Gasteiger charge is -2.23. The molecule has 0 aliphatic carbocycles. The van der Waals surface area contributed by atoms with E-state index in [0.717, 1.165) is 83.7 Å². The Kier molecular flexibility index (Phi) is 7.49. The Hall–Kier alpha value is -7.50. The van der Waals surface area contributed by atoms with Gasteiger partial charge in [0.1, 0.15) is 17.3 Å². The standard InChI is InChI=1S/C51H34N4O/c1-4-13-33(14-5-1)37-17-12-18-39(31-37)51-53-49(35-15-6-2-7-16-35)52-50(54-51)36-25-23-34(24-26-36)38-27-28-42-44-30-29-43-41-21-10-11-22-45(41)55(40-19-8-3-9-20-40)47(43)48(44)56-46(42)32-38/h1-32,50H,(H,52,53,54). The fraction of sp³-hybridized carbons (Fsp3) is 0.0196. The highest BCUT2D eigenvalue weighted by molar-refractivity contribution is 6.21. The van der Waals surface area contributed by atoms with E-state index in [4.69, 9.17) is 14.4 Å². The lowest BCUT2D eigenvalue weighted by Crippen LogP contribution is -2.36. The first-order valence-electron chi connectivity index (χ1n) is 18.9. The van der Waals surface area contributed by atoms with Crippen molar-refractivity contribution in [3.05, 3.63) is 211 Å². The molecule has 0 fully saturated rings. The van der Waals surface area contributed by atoms with E-state index in [1.54, 1.807) is 0 Å². The molecule has 8 aromatic carbocycles. The number of furan rings is 1. The van der Waals surface area contributed by atoms with Crippen LogP contribution in [-0.4, -0.2) is 16.2 Å². The van der Waals surface area contributed by atoms with E-state index in [2.05, 4.69) is 180 Å². The van der Waals surface area contributed by atoms with E-state index >= 15 is 0 Å². The number of aromatic nitrogens is 1.